The molecule has 1 fully saturated rings. The van der Waals surface area contributed by atoms with Gasteiger partial charge in [-0.05, 0) is 19.2 Å². The van der Waals surface area contributed by atoms with Crippen molar-refractivity contribution in [1.29, 1.82) is 0 Å². The molecule has 0 aromatic carbocycles. The molecule has 0 radical (unpaired) electrons. The summed E-state index contributed by atoms with van der Waals surface area (Å²) < 4.78 is 5.38. The van der Waals surface area contributed by atoms with Crippen molar-refractivity contribution in [2.24, 2.45) is 0 Å². The molecule has 1 aliphatic heterocycles. The van der Waals surface area contributed by atoms with Gasteiger partial charge in [0.1, 0.15) is 6.04 Å². The van der Waals surface area contributed by atoms with Gasteiger partial charge >= 0.3 is 0 Å². The van der Waals surface area contributed by atoms with Gasteiger partial charge in [0.15, 0.2) is 0 Å². The van der Waals surface area contributed by atoms with Gasteiger partial charge < -0.3 is 15.0 Å². The predicted octanol–water partition coefficient (Wildman–Crippen LogP) is 0.0328. The van der Waals surface area contributed by atoms with E-state index in [2.05, 4.69) is 10.3 Å². The van der Waals surface area contributed by atoms with E-state index < -0.39 is 0 Å². The van der Waals surface area contributed by atoms with Crippen LogP contribution >= 0.6 is 0 Å². The molecule has 1 aliphatic rings. The fourth-order valence-corrected chi connectivity index (χ4v) is 1.71. The summed E-state index contributed by atoms with van der Waals surface area (Å²) in [6.45, 7) is 1.57. The predicted molar refractivity (Wildman–Crippen MR) is 60.3 cm³/mol. The Balaban J connectivity index is 2.22. The van der Waals surface area contributed by atoms with Crippen molar-refractivity contribution in [2.75, 3.05) is 31.7 Å². The fraction of sp³-hybridized carbons (Fsp3) is 0.455. The zero-order valence-corrected chi connectivity index (χ0v) is 9.22. The van der Waals surface area contributed by atoms with Gasteiger partial charge in [0.05, 0.1) is 13.2 Å². The first kappa shape index (κ1) is 11.0. The highest BCUT2D eigenvalue weighted by Gasteiger charge is 2.26. The van der Waals surface area contributed by atoms with E-state index >= 15 is 0 Å². The number of nitrogens with zero attached hydrogens (tertiary/aromatic N) is 2. The van der Waals surface area contributed by atoms with E-state index in [0.29, 0.717) is 19.8 Å². The fourth-order valence-electron chi connectivity index (χ4n) is 1.71. The van der Waals surface area contributed by atoms with Crippen LogP contribution < -0.4 is 10.2 Å². The third-order valence-corrected chi connectivity index (χ3v) is 2.63. The lowest BCUT2D eigenvalue weighted by Crippen LogP contribution is -2.46. The van der Waals surface area contributed by atoms with Crippen molar-refractivity contribution in [2.45, 2.75) is 6.04 Å². The number of hydrogen-bond donors (Lipinski definition) is 1. The number of aromatic nitrogens is 1. The number of likely N-dealkylation sites (N-methyl/N-ethyl adjacent to an activating group) is 1. The van der Waals surface area contributed by atoms with Crippen molar-refractivity contribution in [3.05, 3.63) is 24.5 Å². The molecule has 16 heavy (non-hydrogen) atoms. The summed E-state index contributed by atoms with van der Waals surface area (Å²) in [4.78, 5) is 17.8. The average molecular weight is 221 g/mol. The van der Waals surface area contributed by atoms with Crippen LogP contribution in [-0.2, 0) is 9.53 Å². The Morgan fingerprint density at radius 3 is 2.94 bits per heavy atom. The summed E-state index contributed by atoms with van der Waals surface area (Å²) >= 11 is 0. The Kier molecular flexibility index (Phi) is 3.48. The number of pyridine rings is 1. The molecule has 1 saturated heterocycles. The first-order valence-corrected chi connectivity index (χ1v) is 5.29. The first-order chi connectivity index (χ1) is 7.83. The molecule has 0 spiro atoms. The number of hydrogen-bond acceptors (Lipinski definition) is 4. The third-order valence-electron chi connectivity index (χ3n) is 2.63. The van der Waals surface area contributed by atoms with E-state index in [1.807, 2.05) is 12.1 Å². The molecule has 1 unspecified atom stereocenters. The third kappa shape index (κ3) is 2.20. The summed E-state index contributed by atoms with van der Waals surface area (Å²) in [7, 11) is 1.77. The van der Waals surface area contributed by atoms with E-state index in [1.54, 1.807) is 24.3 Å². The van der Waals surface area contributed by atoms with Crippen LogP contribution in [0.15, 0.2) is 24.5 Å². The minimum Gasteiger partial charge on any atom is -0.377 e. The molecule has 86 valence electrons. The normalized spacial score (nSPS) is 21.9. The molecule has 0 aliphatic carbocycles. The second kappa shape index (κ2) is 5.05. The summed E-state index contributed by atoms with van der Waals surface area (Å²) in [5.41, 5.74) is 0.866. The molecule has 1 aromatic heterocycles. The summed E-state index contributed by atoms with van der Waals surface area (Å²) in [5, 5.41) is 2.96. The lowest BCUT2D eigenvalue weighted by atomic mass is 10.2. The highest BCUT2D eigenvalue weighted by atomic mass is 16.5. The summed E-state index contributed by atoms with van der Waals surface area (Å²) in [6.07, 6.45) is 3.37. The highest BCUT2D eigenvalue weighted by molar-refractivity contribution is 5.97. The maximum absolute atomic E-state index is 12.1. The van der Waals surface area contributed by atoms with Crippen LogP contribution in [0.25, 0.3) is 0 Å². The van der Waals surface area contributed by atoms with Crippen LogP contribution in [0.1, 0.15) is 0 Å². The molecule has 1 atom stereocenters. The van der Waals surface area contributed by atoms with E-state index in [9.17, 15) is 4.79 Å². The molecule has 1 aromatic rings. The van der Waals surface area contributed by atoms with Crippen LogP contribution in [0.2, 0.25) is 0 Å². The van der Waals surface area contributed by atoms with Gasteiger partial charge in [-0.1, -0.05) is 0 Å². The summed E-state index contributed by atoms with van der Waals surface area (Å²) in [5.74, 6) is 0.0474. The first-order valence-electron chi connectivity index (χ1n) is 5.29. The van der Waals surface area contributed by atoms with E-state index in [-0.39, 0.29) is 11.9 Å². The quantitative estimate of drug-likeness (QED) is 0.765. The van der Waals surface area contributed by atoms with Crippen molar-refractivity contribution >= 4 is 11.6 Å². The molecule has 2 rings (SSSR count). The van der Waals surface area contributed by atoms with Gasteiger partial charge in [0, 0.05) is 24.6 Å². The molecular weight excluding hydrogens is 206 g/mol. The van der Waals surface area contributed by atoms with Crippen molar-refractivity contribution in [3.8, 4) is 0 Å². The van der Waals surface area contributed by atoms with E-state index in [4.69, 9.17) is 4.74 Å². The Morgan fingerprint density at radius 2 is 2.25 bits per heavy atom. The van der Waals surface area contributed by atoms with Crippen LogP contribution in [-0.4, -0.2) is 43.7 Å². The van der Waals surface area contributed by atoms with Gasteiger partial charge in [-0.15, -0.1) is 0 Å². The SMILES string of the molecule is CNC1COCCN(c2ccncc2)C1=O. The maximum Gasteiger partial charge on any atom is 0.246 e. The van der Waals surface area contributed by atoms with Gasteiger partial charge in [0.2, 0.25) is 5.91 Å². The monoisotopic (exact) mass is 221 g/mol. The number of carbonyl (C=O) groups is 1. The Labute approximate surface area is 94.4 Å². The van der Waals surface area contributed by atoms with Gasteiger partial charge in [0.25, 0.3) is 0 Å². The number of carbonyl (C=O) groups excluding carboxylic acids is 1. The highest BCUT2D eigenvalue weighted by Crippen LogP contribution is 2.15. The van der Waals surface area contributed by atoms with Crippen LogP contribution in [0, 0.1) is 0 Å². The van der Waals surface area contributed by atoms with Crippen molar-refractivity contribution < 1.29 is 9.53 Å². The topological polar surface area (TPSA) is 54.5 Å². The molecule has 2 heterocycles. The number of ether oxygens (including phenoxy) is 1. The van der Waals surface area contributed by atoms with Crippen molar-refractivity contribution in [3.63, 3.8) is 0 Å². The number of amides is 1. The van der Waals surface area contributed by atoms with Crippen LogP contribution in [0.4, 0.5) is 5.69 Å². The smallest absolute Gasteiger partial charge is 0.246 e. The number of anilines is 1. The molecule has 0 bridgehead atoms. The second-order valence-electron chi connectivity index (χ2n) is 3.61. The van der Waals surface area contributed by atoms with E-state index in [0.717, 1.165) is 5.69 Å². The van der Waals surface area contributed by atoms with Crippen LogP contribution in [0.3, 0.4) is 0 Å². The average Bonchev–Trinajstić information content (AvgIpc) is 2.52. The number of nitrogens with one attached hydrogen (secondary N) is 1. The largest absolute Gasteiger partial charge is 0.377 e. The lowest BCUT2D eigenvalue weighted by molar-refractivity contribution is -0.120. The molecular formula is C11H15N3O2. The number of rotatable bonds is 2. The van der Waals surface area contributed by atoms with Crippen LogP contribution in [0.5, 0.6) is 0 Å². The second-order valence-corrected chi connectivity index (χ2v) is 3.61. The minimum atomic E-state index is -0.268. The molecule has 5 heteroatoms. The maximum atomic E-state index is 12.1. The molecule has 1 amide bonds. The van der Waals surface area contributed by atoms with Crippen molar-refractivity contribution in [1.82, 2.24) is 10.3 Å². The lowest BCUT2D eigenvalue weighted by Gasteiger charge is -2.22. The Bertz CT molecular complexity index is 356. The Morgan fingerprint density at radius 1 is 1.50 bits per heavy atom. The van der Waals surface area contributed by atoms with Gasteiger partial charge in [-0.2, -0.15) is 0 Å². The molecule has 5 nitrogen and oxygen atoms in total. The minimum absolute atomic E-state index is 0.0474. The Hall–Kier alpha value is -1.46. The zero-order chi connectivity index (χ0) is 11.4. The molecule has 1 N–H and O–H groups in total. The van der Waals surface area contributed by atoms with Gasteiger partial charge in [-0.3, -0.25) is 9.78 Å². The zero-order valence-electron chi connectivity index (χ0n) is 9.22. The van der Waals surface area contributed by atoms with Gasteiger partial charge in [-0.25, -0.2) is 0 Å². The summed E-state index contributed by atoms with van der Waals surface area (Å²) in [6, 6.07) is 3.39. The van der Waals surface area contributed by atoms with E-state index in [1.165, 1.54) is 0 Å². The standard InChI is InChI=1S/C11H15N3O2/c1-12-10-8-16-7-6-14(11(10)15)9-2-4-13-5-3-9/h2-5,10,12H,6-8H2,1H3. The molecule has 0 saturated carbocycles.